The average Bonchev–Trinajstić information content (AvgIpc) is 3.54. The van der Waals surface area contributed by atoms with Crippen LogP contribution in [0.25, 0.3) is 11.1 Å². The van der Waals surface area contributed by atoms with Crippen LogP contribution < -0.4 is 0 Å². The number of amidine groups is 1. The van der Waals surface area contributed by atoms with E-state index in [-0.39, 0.29) is 24.0 Å². The Hall–Kier alpha value is -3.93. The van der Waals surface area contributed by atoms with Crippen LogP contribution in [0.2, 0.25) is 0 Å². The van der Waals surface area contributed by atoms with E-state index in [0.717, 1.165) is 0 Å². The van der Waals surface area contributed by atoms with Crippen LogP contribution in [0, 0.1) is 5.82 Å². The van der Waals surface area contributed by atoms with Crippen molar-refractivity contribution in [2.24, 2.45) is 5.16 Å². The number of thiophene rings is 1. The number of benzene rings is 2. The molecule has 5 rings (SSSR count). The van der Waals surface area contributed by atoms with Gasteiger partial charge in [0.25, 0.3) is 0 Å². The van der Waals surface area contributed by atoms with Crippen LogP contribution in [0.1, 0.15) is 33.4 Å². The summed E-state index contributed by atoms with van der Waals surface area (Å²) in [7, 11) is 0. The summed E-state index contributed by atoms with van der Waals surface area (Å²) < 4.78 is 95.9. The first-order valence-corrected chi connectivity index (χ1v) is 11.9. The summed E-state index contributed by atoms with van der Waals surface area (Å²) in [5, 5.41) is 5.75. The molecular weight excluding hydrogens is 535 g/mol. The van der Waals surface area contributed by atoms with E-state index in [4.69, 9.17) is 4.84 Å². The maximum absolute atomic E-state index is 14.6. The lowest BCUT2D eigenvalue weighted by atomic mass is 9.99. The highest BCUT2D eigenvalue weighted by atomic mass is 32.1. The Morgan fingerprint density at radius 1 is 0.868 bits per heavy atom. The van der Waals surface area contributed by atoms with Gasteiger partial charge in [0.05, 0.1) is 22.5 Å². The van der Waals surface area contributed by atoms with Crippen LogP contribution in [0.5, 0.6) is 0 Å². The fourth-order valence-corrected chi connectivity index (χ4v) is 4.83. The van der Waals surface area contributed by atoms with Crippen molar-refractivity contribution in [3.05, 3.63) is 111 Å². The fourth-order valence-electron chi connectivity index (χ4n) is 4.11. The molecule has 12 heteroatoms. The van der Waals surface area contributed by atoms with E-state index in [2.05, 4.69) is 10.1 Å². The minimum atomic E-state index is -5.03. The molecule has 1 unspecified atom stereocenters. The lowest BCUT2D eigenvalue weighted by Gasteiger charge is -2.27. The molecule has 0 saturated carbocycles. The monoisotopic (exact) mass is 551 g/mol. The molecule has 4 aromatic rings. The number of pyridine rings is 1. The molecule has 0 bridgehead atoms. The first kappa shape index (κ1) is 25.7. The summed E-state index contributed by atoms with van der Waals surface area (Å²) in [6, 6.07) is 12.3. The maximum Gasteiger partial charge on any atom is 0.416 e. The van der Waals surface area contributed by atoms with Crippen molar-refractivity contribution in [3.8, 4) is 11.1 Å². The molecule has 0 spiro atoms. The maximum atomic E-state index is 14.6. The predicted molar refractivity (Wildman–Crippen MR) is 126 cm³/mol. The molecule has 3 heterocycles. The van der Waals surface area contributed by atoms with E-state index in [0.29, 0.717) is 28.1 Å². The number of rotatable bonds is 5. The molecule has 0 aliphatic carbocycles. The standard InChI is InChI=1S/C26H16F7N3OS/c27-21-5-2-1-4-20(21)19-7-8-34-13-16(19)14-36-23(22-6-3-9-38-22)35-37-24(36)15-10-17(25(28,29)30)12-18(11-15)26(31,32)33/h1-13,24H,14H2. The van der Waals surface area contributed by atoms with Gasteiger partial charge >= 0.3 is 12.4 Å². The number of hydrogen-bond donors (Lipinski definition) is 0. The van der Waals surface area contributed by atoms with Gasteiger partial charge in [0.15, 0.2) is 5.84 Å². The van der Waals surface area contributed by atoms with E-state index in [9.17, 15) is 30.7 Å². The van der Waals surface area contributed by atoms with E-state index in [1.54, 1.807) is 35.7 Å². The predicted octanol–water partition coefficient (Wildman–Crippen LogP) is 7.88. The molecule has 0 fully saturated rings. The Kier molecular flexibility index (Phi) is 6.59. The fraction of sp³-hybridized carbons (Fsp3) is 0.154. The summed E-state index contributed by atoms with van der Waals surface area (Å²) in [5.41, 5.74) is -2.16. The SMILES string of the molecule is Fc1ccccc1-c1ccncc1CN1C(c2cccs2)=NOC1c1cc(C(F)(F)F)cc(C(F)(F)F)c1. The molecule has 0 amide bonds. The van der Waals surface area contributed by atoms with Gasteiger partial charge < -0.3 is 9.74 Å². The van der Waals surface area contributed by atoms with Gasteiger partial charge in [0.1, 0.15) is 5.82 Å². The summed E-state index contributed by atoms with van der Waals surface area (Å²) in [5.74, 6) is -0.298. The first-order valence-electron chi connectivity index (χ1n) is 11.0. The Balaban J connectivity index is 1.62. The molecular formula is C26H16F7N3OS. The van der Waals surface area contributed by atoms with Gasteiger partial charge in [-0.3, -0.25) is 4.98 Å². The van der Waals surface area contributed by atoms with Crippen LogP contribution in [0.3, 0.4) is 0 Å². The molecule has 0 saturated heterocycles. The van der Waals surface area contributed by atoms with E-state index in [1.807, 2.05) is 0 Å². The largest absolute Gasteiger partial charge is 0.416 e. The molecule has 2 aromatic heterocycles. The molecule has 4 nitrogen and oxygen atoms in total. The van der Waals surface area contributed by atoms with Gasteiger partial charge in [-0.15, -0.1) is 11.3 Å². The Labute approximate surface area is 215 Å². The molecule has 1 atom stereocenters. The number of halogens is 7. The number of alkyl halides is 6. The number of hydrogen-bond acceptors (Lipinski definition) is 5. The van der Waals surface area contributed by atoms with Crippen LogP contribution in [0.4, 0.5) is 30.7 Å². The van der Waals surface area contributed by atoms with Crippen LogP contribution in [-0.2, 0) is 23.7 Å². The molecule has 38 heavy (non-hydrogen) atoms. The third kappa shape index (κ3) is 5.08. The Morgan fingerprint density at radius 3 is 2.21 bits per heavy atom. The Morgan fingerprint density at radius 2 is 1.58 bits per heavy atom. The van der Waals surface area contributed by atoms with Crippen molar-refractivity contribution in [2.45, 2.75) is 25.1 Å². The first-order chi connectivity index (χ1) is 18.0. The molecule has 0 radical (unpaired) electrons. The second-order valence-corrected chi connectivity index (χ2v) is 9.28. The Bertz CT molecular complexity index is 1450. The van der Waals surface area contributed by atoms with Gasteiger partial charge in [-0.2, -0.15) is 26.3 Å². The highest BCUT2D eigenvalue weighted by Gasteiger charge is 2.40. The quantitative estimate of drug-likeness (QED) is 0.237. The highest BCUT2D eigenvalue weighted by molar-refractivity contribution is 7.12. The summed E-state index contributed by atoms with van der Waals surface area (Å²) in [4.78, 5) is 11.6. The van der Waals surface area contributed by atoms with E-state index in [1.165, 1.54) is 40.8 Å². The topological polar surface area (TPSA) is 37.7 Å². The van der Waals surface area contributed by atoms with Gasteiger partial charge in [-0.05, 0) is 52.9 Å². The summed E-state index contributed by atoms with van der Waals surface area (Å²) in [6.45, 7) is -0.101. The molecule has 2 aromatic carbocycles. The number of nitrogens with zero attached hydrogens (tertiary/aromatic N) is 3. The molecule has 196 valence electrons. The lowest BCUT2D eigenvalue weighted by molar-refractivity contribution is -0.143. The zero-order chi connectivity index (χ0) is 27.1. The zero-order valence-corrected chi connectivity index (χ0v) is 19.9. The summed E-state index contributed by atoms with van der Waals surface area (Å²) >= 11 is 1.26. The third-order valence-electron chi connectivity index (χ3n) is 5.84. The van der Waals surface area contributed by atoms with Crippen molar-refractivity contribution < 1.29 is 35.6 Å². The van der Waals surface area contributed by atoms with Gasteiger partial charge in [-0.1, -0.05) is 29.4 Å². The molecule has 1 aliphatic rings. The van der Waals surface area contributed by atoms with Crippen molar-refractivity contribution in [3.63, 3.8) is 0 Å². The highest BCUT2D eigenvalue weighted by Crippen LogP contribution is 2.41. The molecule has 1 aliphatic heterocycles. The van der Waals surface area contributed by atoms with Crippen LogP contribution >= 0.6 is 11.3 Å². The number of aromatic nitrogens is 1. The number of oxime groups is 1. The minimum absolute atomic E-state index is 0.0568. The minimum Gasteiger partial charge on any atom is -0.363 e. The second kappa shape index (κ2) is 9.75. The summed E-state index contributed by atoms with van der Waals surface area (Å²) in [6.07, 6.45) is -8.57. The van der Waals surface area contributed by atoms with Crippen molar-refractivity contribution in [1.82, 2.24) is 9.88 Å². The average molecular weight is 551 g/mol. The zero-order valence-electron chi connectivity index (χ0n) is 19.1. The van der Waals surface area contributed by atoms with E-state index < -0.39 is 41.1 Å². The molecule has 0 N–H and O–H groups in total. The van der Waals surface area contributed by atoms with Crippen LogP contribution in [0.15, 0.2) is 83.6 Å². The van der Waals surface area contributed by atoms with Gasteiger partial charge in [0.2, 0.25) is 6.23 Å². The normalized spacial score (nSPS) is 15.9. The third-order valence-corrected chi connectivity index (χ3v) is 6.70. The van der Waals surface area contributed by atoms with Crippen molar-refractivity contribution >= 4 is 17.2 Å². The smallest absolute Gasteiger partial charge is 0.363 e. The van der Waals surface area contributed by atoms with Gasteiger partial charge in [-0.25, -0.2) is 4.39 Å². The van der Waals surface area contributed by atoms with E-state index >= 15 is 0 Å². The van der Waals surface area contributed by atoms with Crippen LogP contribution in [-0.4, -0.2) is 15.7 Å². The van der Waals surface area contributed by atoms with Crippen molar-refractivity contribution in [2.75, 3.05) is 0 Å². The van der Waals surface area contributed by atoms with Gasteiger partial charge in [0, 0.05) is 23.5 Å². The van der Waals surface area contributed by atoms with Crippen molar-refractivity contribution in [1.29, 1.82) is 0 Å². The lowest BCUT2D eigenvalue weighted by Crippen LogP contribution is -2.31. The second-order valence-electron chi connectivity index (χ2n) is 8.33.